The number of carbonyl (C=O) groups excluding carboxylic acids is 1. The van der Waals surface area contributed by atoms with Gasteiger partial charge in [0.05, 0.1) is 24.0 Å². The molecular formula is C21H22N2O3S2. The van der Waals surface area contributed by atoms with E-state index in [-0.39, 0.29) is 35.1 Å². The molecule has 2 aliphatic heterocycles. The Balaban J connectivity index is 1.65. The average Bonchev–Trinajstić information content (AvgIpc) is 3.05. The third-order valence-corrected chi connectivity index (χ3v) is 8.21. The van der Waals surface area contributed by atoms with E-state index in [1.807, 2.05) is 67.3 Å². The molecule has 4 rings (SSSR count). The number of aliphatic imine (C=N–C) groups is 1. The summed E-state index contributed by atoms with van der Waals surface area (Å²) in [4.78, 5) is 19.0. The predicted molar refractivity (Wildman–Crippen MR) is 115 cm³/mol. The van der Waals surface area contributed by atoms with E-state index < -0.39 is 9.84 Å². The molecular weight excluding hydrogens is 392 g/mol. The molecule has 2 saturated heterocycles. The summed E-state index contributed by atoms with van der Waals surface area (Å²) in [5.74, 6) is 0.0213. The highest BCUT2D eigenvalue weighted by molar-refractivity contribution is 8.16. The van der Waals surface area contributed by atoms with Gasteiger partial charge in [-0.3, -0.25) is 4.79 Å². The molecule has 0 unspecified atom stereocenters. The summed E-state index contributed by atoms with van der Waals surface area (Å²) in [5.41, 5.74) is 4.01. The standard InChI is InChI=1S/C21H22N2O3S2/c1-14-5-3-7-16(9-14)11-20(24)22-21-23(17-8-4-6-15(2)10-17)18-12-28(25,26)13-19(18)27-21/h3-10,18-19H,11-13H2,1-2H3/t18-,19-/m0/s1. The molecule has 2 aliphatic rings. The maximum absolute atomic E-state index is 12.6. The number of thioether (sulfide) groups is 1. The van der Waals surface area contributed by atoms with Crippen LogP contribution in [0.4, 0.5) is 5.69 Å². The van der Waals surface area contributed by atoms with E-state index in [9.17, 15) is 13.2 Å². The van der Waals surface area contributed by atoms with Crippen LogP contribution >= 0.6 is 11.8 Å². The van der Waals surface area contributed by atoms with Crippen LogP contribution in [0.5, 0.6) is 0 Å². The Morgan fingerprint density at radius 1 is 1.11 bits per heavy atom. The molecule has 2 heterocycles. The molecule has 1 amide bonds. The zero-order chi connectivity index (χ0) is 19.9. The summed E-state index contributed by atoms with van der Waals surface area (Å²) in [6.45, 7) is 3.99. The van der Waals surface area contributed by atoms with Gasteiger partial charge in [-0.25, -0.2) is 8.42 Å². The first-order valence-electron chi connectivity index (χ1n) is 9.21. The largest absolute Gasteiger partial charge is 0.316 e. The van der Waals surface area contributed by atoms with Gasteiger partial charge in [-0.2, -0.15) is 4.99 Å². The number of aryl methyl sites for hydroxylation is 2. The van der Waals surface area contributed by atoms with E-state index in [0.717, 1.165) is 22.4 Å². The maximum atomic E-state index is 12.6. The van der Waals surface area contributed by atoms with Crippen LogP contribution in [0.3, 0.4) is 0 Å². The van der Waals surface area contributed by atoms with Gasteiger partial charge in [0.1, 0.15) is 0 Å². The van der Waals surface area contributed by atoms with Crippen molar-refractivity contribution >= 4 is 38.4 Å². The van der Waals surface area contributed by atoms with E-state index >= 15 is 0 Å². The maximum Gasteiger partial charge on any atom is 0.252 e. The molecule has 0 aromatic heterocycles. The first kappa shape index (κ1) is 19.2. The zero-order valence-electron chi connectivity index (χ0n) is 15.8. The number of rotatable bonds is 3. The van der Waals surface area contributed by atoms with E-state index in [4.69, 9.17) is 0 Å². The molecule has 2 aromatic carbocycles. The molecule has 0 bridgehead atoms. The van der Waals surface area contributed by atoms with Crippen LogP contribution in [0.15, 0.2) is 53.5 Å². The fourth-order valence-corrected chi connectivity index (χ4v) is 7.72. The van der Waals surface area contributed by atoms with Crippen molar-refractivity contribution in [2.45, 2.75) is 31.6 Å². The Labute approximate surface area is 169 Å². The number of sulfone groups is 1. The lowest BCUT2D eigenvalue weighted by Crippen LogP contribution is -2.37. The Bertz CT molecular complexity index is 1060. The van der Waals surface area contributed by atoms with Gasteiger partial charge in [0.2, 0.25) is 0 Å². The molecule has 146 valence electrons. The fourth-order valence-electron chi connectivity index (χ4n) is 3.79. The van der Waals surface area contributed by atoms with Crippen LogP contribution in [0.1, 0.15) is 16.7 Å². The molecule has 0 aliphatic carbocycles. The number of amidine groups is 1. The molecule has 0 N–H and O–H groups in total. The highest BCUT2D eigenvalue weighted by atomic mass is 32.2. The van der Waals surface area contributed by atoms with E-state index in [1.165, 1.54) is 11.8 Å². The lowest BCUT2D eigenvalue weighted by molar-refractivity contribution is -0.117. The monoisotopic (exact) mass is 414 g/mol. The minimum Gasteiger partial charge on any atom is -0.316 e. The van der Waals surface area contributed by atoms with Gasteiger partial charge < -0.3 is 4.90 Å². The number of anilines is 1. The van der Waals surface area contributed by atoms with Crippen LogP contribution in [0.2, 0.25) is 0 Å². The fraction of sp³-hybridized carbons (Fsp3) is 0.333. The molecule has 0 spiro atoms. The van der Waals surface area contributed by atoms with Crippen molar-refractivity contribution in [1.29, 1.82) is 0 Å². The molecule has 2 aromatic rings. The highest BCUT2D eigenvalue weighted by Gasteiger charge is 2.49. The van der Waals surface area contributed by atoms with Crippen molar-refractivity contribution in [3.05, 3.63) is 65.2 Å². The second kappa shape index (κ2) is 7.37. The minimum atomic E-state index is -3.06. The van der Waals surface area contributed by atoms with Crippen molar-refractivity contribution in [2.75, 3.05) is 16.4 Å². The van der Waals surface area contributed by atoms with Gasteiger partial charge in [-0.1, -0.05) is 53.7 Å². The summed E-state index contributed by atoms with van der Waals surface area (Å²) < 4.78 is 24.3. The topological polar surface area (TPSA) is 66.8 Å². The Morgan fingerprint density at radius 2 is 1.82 bits per heavy atom. The van der Waals surface area contributed by atoms with Gasteiger partial charge in [0.25, 0.3) is 5.91 Å². The van der Waals surface area contributed by atoms with Crippen molar-refractivity contribution in [2.24, 2.45) is 4.99 Å². The van der Waals surface area contributed by atoms with E-state index in [1.54, 1.807) is 0 Å². The number of amides is 1. The third-order valence-electron chi connectivity index (χ3n) is 5.00. The summed E-state index contributed by atoms with van der Waals surface area (Å²) in [6.07, 6.45) is 0.237. The minimum absolute atomic E-state index is 0.0870. The van der Waals surface area contributed by atoms with Crippen LogP contribution in [-0.2, 0) is 21.1 Å². The molecule has 0 radical (unpaired) electrons. The summed E-state index contributed by atoms with van der Waals surface area (Å²) in [5, 5.41) is 0.518. The summed E-state index contributed by atoms with van der Waals surface area (Å²) in [7, 11) is -3.06. The quantitative estimate of drug-likeness (QED) is 0.772. The summed E-state index contributed by atoms with van der Waals surface area (Å²) in [6, 6.07) is 15.6. The zero-order valence-corrected chi connectivity index (χ0v) is 17.5. The van der Waals surface area contributed by atoms with Crippen LogP contribution in [0.25, 0.3) is 0 Å². The number of nitrogens with zero attached hydrogens (tertiary/aromatic N) is 2. The van der Waals surface area contributed by atoms with Gasteiger partial charge in [0, 0.05) is 10.9 Å². The number of hydrogen-bond acceptors (Lipinski definition) is 4. The van der Waals surface area contributed by atoms with Crippen LogP contribution in [-0.4, -0.2) is 42.3 Å². The van der Waals surface area contributed by atoms with Gasteiger partial charge >= 0.3 is 0 Å². The average molecular weight is 415 g/mol. The predicted octanol–water partition coefficient (Wildman–Crippen LogP) is 3.15. The molecule has 0 saturated carbocycles. The van der Waals surface area contributed by atoms with Gasteiger partial charge in [-0.05, 0) is 37.1 Å². The van der Waals surface area contributed by atoms with Crippen molar-refractivity contribution < 1.29 is 13.2 Å². The first-order chi connectivity index (χ1) is 13.3. The Kier molecular flexibility index (Phi) is 5.05. The van der Waals surface area contributed by atoms with Gasteiger partial charge in [-0.15, -0.1) is 0 Å². The van der Waals surface area contributed by atoms with Crippen molar-refractivity contribution in [3.63, 3.8) is 0 Å². The second-order valence-corrected chi connectivity index (χ2v) is 10.8. The lowest BCUT2D eigenvalue weighted by atomic mass is 10.1. The summed E-state index contributed by atoms with van der Waals surface area (Å²) >= 11 is 1.41. The second-order valence-electron chi connectivity index (χ2n) is 7.46. The number of hydrogen-bond donors (Lipinski definition) is 0. The normalized spacial score (nSPS) is 24.5. The Hall–Kier alpha value is -2.12. The molecule has 5 nitrogen and oxygen atoms in total. The smallest absolute Gasteiger partial charge is 0.252 e. The van der Waals surface area contributed by atoms with Crippen LogP contribution in [0, 0.1) is 13.8 Å². The molecule has 2 fully saturated rings. The molecule has 7 heteroatoms. The van der Waals surface area contributed by atoms with E-state index in [0.29, 0.717) is 5.17 Å². The molecule has 28 heavy (non-hydrogen) atoms. The van der Waals surface area contributed by atoms with Gasteiger partial charge in [0.15, 0.2) is 15.0 Å². The lowest BCUT2D eigenvalue weighted by Gasteiger charge is -2.24. The van der Waals surface area contributed by atoms with Crippen LogP contribution < -0.4 is 4.90 Å². The Morgan fingerprint density at radius 3 is 2.54 bits per heavy atom. The molecule has 2 atom stereocenters. The SMILES string of the molecule is Cc1cccc(CC(=O)N=C2S[C@H]3CS(=O)(=O)C[C@@H]3N2c2cccc(C)c2)c1. The van der Waals surface area contributed by atoms with E-state index in [2.05, 4.69) is 4.99 Å². The van der Waals surface area contributed by atoms with Crippen molar-refractivity contribution in [3.8, 4) is 0 Å². The number of fused-ring (bicyclic) bond motifs is 1. The highest BCUT2D eigenvalue weighted by Crippen LogP contribution is 2.41. The van der Waals surface area contributed by atoms with Crippen molar-refractivity contribution in [1.82, 2.24) is 0 Å². The first-order valence-corrected chi connectivity index (χ1v) is 11.9. The number of carbonyl (C=O) groups is 1. The number of benzene rings is 2. The third kappa shape index (κ3) is 4.00.